The highest BCUT2D eigenvalue weighted by atomic mass is 79.9. The predicted octanol–water partition coefficient (Wildman–Crippen LogP) is 3.00. The number of aromatic nitrogens is 2. The van der Waals surface area contributed by atoms with E-state index in [0.29, 0.717) is 11.7 Å². The van der Waals surface area contributed by atoms with Gasteiger partial charge in [0.05, 0.1) is 7.11 Å². The smallest absolute Gasteiger partial charge is 0.225 e. The topological polar surface area (TPSA) is 73.1 Å². The molecule has 2 rings (SSSR count). The summed E-state index contributed by atoms with van der Waals surface area (Å²) in [4.78, 5) is 8.08. The van der Waals surface area contributed by atoms with Crippen molar-refractivity contribution in [3.63, 3.8) is 0 Å². The van der Waals surface area contributed by atoms with Crippen LogP contribution in [0.3, 0.4) is 0 Å². The number of benzene rings is 1. The number of nitrogen functional groups attached to an aromatic ring is 1. The van der Waals surface area contributed by atoms with Gasteiger partial charge in [-0.1, -0.05) is 28.1 Å². The third-order valence-electron chi connectivity index (χ3n) is 2.64. The van der Waals surface area contributed by atoms with Gasteiger partial charge in [0.15, 0.2) is 0 Å². The maximum atomic E-state index is 5.62. The van der Waals surface area contributed by atoms with Crippen molar-refractivity contribution in [3.05, 3.63) is 40.4 Å². The van der Waals surface area contributed by atoms with Crippen LogP contribution in [0.25, 0.3) is 0 Å². The van der Waals surface area contributed by atoms with Gasteiger partial charge in [-0.05, 0) is 24.6 Å². The lowest BCUT2D eigenvalue weighted by molar-refractivity contribution is 0.398. The predicted molar refractivity (Wildman–Crippen MR) is 79.2 cm³/mol. The molecule has 0 aliphatic carbocycles. The van der Waals surface area contributed by atoms with E-state index in [1.54, 1.807) is 13.2 Å². The first kappa shape index (κ1) is 13.6. The van der Waals surface area contributed by atoms with Gasteiger partial charge in [-0.15, -0.1) is 0 Å². The Morgan fingerprint density at radius 3 is 2.79 bits per heavy atom. The summed E-state index contributed by atoms with van der Waals surface area (Å²) in [5, 5.41) is 3.27. The number of halogens is 1. The highest BCUT2D eigenvalue weighted by Crippen LogP contribution is 2.23. The third kappa shape index (κ3) is 3.57. The van der Waals surface area contributed by atoms with Crippen molar-refractivity contribution in [1.82, 2.24) is 9.97 Å². The fraction of sp³-hybridized carbons (Fsp3) is 0.231. The molecule has 0 amide bonds. The van der Waals surface area contributed by atoms with Crippen molar-refractivity contribution in [3.8, 4) is 5.88 Å². The van der Waals surface area contributed by atoms with Crippen LogP contribution < -0.4 is 15.8 Å². The number of nitrogens with two attached hydrogens (primary N) is 1. The van der Waals surface area contributed by atoms with Crippen LogP contribution >= 0.6 is 15.9 Å². The first-order valence-corrected chi connectivity index (χ1v) is 6.58. The van der Waals surface area contributed by atoms with Crippen molar-refractivity contribution in [2.45, 2.75) is 13.0 Å². The number of anilines is 2. The van der Waals surface area contributed by atoms with Crippen molar-refractivity contribution in [1.29, 1.82) is 0 Å². The summed E-state index contributed by atoms with van der Waals surface area (Å²) in [7, 11) is 1.54. The van der Waals surface area contributed by atoms with Crippen LogP contribution in [-0.4, -0.2) is 17.1 Å². The lowest BCUT2D eigenvalue weighted by Crippen LogP contribution is -2.09. The Kier molecular flexibility index (Phi) is 4.21. The highest BCUT2D eigenvalue weighted by molar-refractivity contribution is 9.10. The fourth-order valence-corrected chi connectivity index (χ4v) is 2.12. The van der Waals surface area contributed by atoms with E-state index in [2.05, 4.69) is 37.3 Å². The van der Waals surface area contributed by atoms with E-state index in [4.69, 9.17) is 10.5 Å². The third-order valence-corrected chi connectivity index (χ3v) is 3.14. The zero-order chi connectivity index (χ0) is 13.8. The second-order valence-corrected chi connectivity index (χ2v) is 4.99. The lowest BCUT2D eigenvalue weighted by atomic mass is 10.1. The molecule has 3 N–H and O–H groups in total. The quantitative estimate of drug-likeness (QED) is 0.905. The molecule has 1 aromatic heterocycles. The number of hydrogen-bond donors (Lipinski definition) is 2. The number of rotatable bonds is 4. The number of hydrogen-bond acceptors (Lipinski definition) is 5. The Labute approximate surface area is 120 Å². The molecule has 5 nitrogen and oxygen atoms in total. The largest absolute Gasteiger partial charge is 0.481 e. The maximum Gasteiger partial charge on any atom is 0.225 e. The van der Waals surface area contributed by atoms with E-state index in [1.807, 2.05) is 25.1 Å². The Hall–Kier alpha value is -1.82. The van der Waals surface area contributed by atoms with Gasteiger partial charge >= 0.3 is 0 Å². The van der Waals surface area contributed by atoms with Crippen LogP contribution in [-0.2, 0) is 0 Å². The summed E-state index contributed by atoms with van der Waals surface area (Å²) in [5.41, 5.74) is 6.77. The zero-order valence-electron chi connectivity index (χ0n) is 10.7. The van der Waals surface area contributed by atoms with Crippen LogP contribution in [0.5, 0.6) is 5.88 Å². The molecule has 0 aliphatic heterocycles. The van der Waals surface area contributed by atoms with E-state index < -0.39 is 0 Å². The second-order valence-electron chi connectivity index (χ2n) is 4.07. The standard InChI is InChI=1S/C13H15BrN4O/c1-8(9-4-3-5-10(14)6-9)16-11-7-12(19-2)18-13(15)17-11/h3-8H,1-2H3,(H3,15,16,17,18). The SMILES string of the molecule is COc1cc(NC(C)c2cccc(Br)c2)nc(N)n1. The molecule has 0 fully saturated rings. The van der Waals surface area contributed by atoms with Crippen molar-refractivity contribution < 1.29 is 4.74 Å². The Morgan fingerprint density at radius 2 is 2.11 bits per heavy atom. The van der Waals surface area contributed by atoms with Crippen molar-refractivity contribution in [2.24, 2.45) is 0 Å². The van der Waals surface area contributed by atoms with Crippen LogP contribution in [0.15, 0.2) is 34.8 Å². The average molecular weight is 323 g/mol. The number of nitrogens with zero attached hydrogens (tertiary/aromatic N) is 2. The van der Waals surface area contributed by atoms with Crippen LogP contribution in [0, 0.1) is 0 Å². The van der Waals surface area contributed by atoms with Crippen molar-refractivity contribution >= 4 is 27.7 Å². The monoisotopic (exact) mass is 322 g/mol. The minimum Gasteiger partial charge on any atom is -0.481 e. The summed E-state index contributed by atoms with van der Waals surface area (Å²) in [6.07, 6.45) is 0. The summed E-state index contributed by atoms with van der Waals surface area (Å²) in [6, 6.07) is 9.89. The van der Waals surface area contributed by atoms with Crippen LogP contribution in [0.2, 0.25) is 0 Å². The molecule has 0 spiro atoms. The molecule has 1 heterocycles. The van der Waals surface area contributed by atoms with E-state index in [0.717, 1.165) is 10.0 Å². The molecular weight excluding hydrogens is 308 g/mol. The van der Waals surface area contributed by atoms with Gasteiger partial charge in [0.2, 0.25) is 11.8 Å². The first-order valence-electron chi connectivity index (χ1n) is 5.79. The second kappa shape index (κ2) is 5.88. The zero-order valence-corrected chi connectivity index (χ0v) is 12.3. The molecule has 1 aromatic carbocycles. The lowest BCUT2D eigenvalue weighted by Gasteiger charge is -2.15. The van der Waals surface area contributed by atoms with E-state index in [9.17, 15) is 0 Å². The number of ether oxygens (including phenoxy) is 1. The molecule has 0 radical (unpaired) electrons. The van der Waals surface area contributed by atoms with Crippen molar-refractivity contribution in [2.75, 3.05) is 18.2 Å². The Bertz CT molecular complexity index is 576. The average Bonchev–Trinajstić information content (AvgIpc) is 2.38. The fourth-order valence-electron chi connectivity index (χ4n) is 1.70. The molecular formula is C13H15BrN4O. The van der Waals surface area contributed by atoms with E-state index in [1.165, 1.54) is 0 Å². The number of nitrogens with one attached hydrogen (secondary N) is 1. The number of methoxy groups -OCH3 is 1. The molecule has 19 heavy (non-hydrogen) atoms. The molecule has 1 unspecified atom stereocenters. The molecule has 0 saturated heterocycles. The first-order chi connectivity index (χ1) is 9.08. The normalized spacial score (nSPS) is 11.9. The van der Waals surface area contributed by atoms with Gasteiger partial charge in [-0.3, -0.25) is 0 Å². The Balaban J connectivity index is 2.18. The summed E-state index contributed by atoms with van der Waals surface area (Å²) in [5.74, 6) is 1.26. The molecule has 0 saturated carbocycles. The summed E-state index contributed by atoms with van der Waals surface area (Å²) < 4.78 is 6.10. The highest BCUT2D eigenvalue weighted by Gasteiger charge is 2.08. The molecule has 0 aliphatic rings. The Morgan fingerprint density at radius 1 is 1.32 bits per heavy atom. The van der Waals surface area contributed by atoms with E-state index >= 15 is 0 Å². The van der Waals surface area contributed by atoms with Gasteiger partial charge in [-0.2, -0.15) is 9.97 Å². The van der Waals surface area contributed by atoms with Gasteiger partial charge in [-0.25, -0.2) is 0 Å². The molecule has 2 aromatic rings. The molecule has 0 bridgehead atoms. The minimum absolute atomic E-state index is 0.0940. The van der Waals surface area contributed by atoms with Gasteiger partial charge in [0.25, 0.3) is 0 Å². The van der Waals surface area contributed by atoms with Gasteiger partial charge in [0, 0.05) is 16.6 Å². The maximum absolute atomic E-state index is 5.62. The minimum atomic E-state index is 0.0940. The van der Waals surface area contributed by atoms with Gasteiger partial charge in [0.1, 0.15) is 5.82 Å². The summed E-state index contributed by atoms with van der Waals surface area (Å²) in [6.45, 7) is 2.05. The molecule has 1 atom stereocenters. The van der Waals surface area contributed by atoms with Crippen LogP contribution in [0.4, 0.5) is 11.8 Å². The van der Waals surface area contributed by atoms with E-state index in [-0.39, 0.29) is 12.0 Å². The van der Waals surface area contributed by atoms with Crippen LogP contribution in [0.1, 0.15) is 18.5 Å². The van der Waals surface area contributed by atoms with Gasteiger partial charge < -0.3 is 15.8 Å². The molecule has 6 heteroatoms. The summed E-state index contributed by atoms with van der Waals surface area (Å²) >= 11 is 3.46. The molecule has 100 valence electrons.